The summed E-state index contributed by atoms with van der Waals surface area (Å²) in [5, 5.41) is 6.62. The molecule has 0 amide bonds. The summed E-state index contributed by atoms with van der Waals surface area (Å²) in [5.41, 5.74) is 2.54. The van der Waals surface area contributed by atoms with E-state index in [2.05, 4.69) is 29.3 Å². The number of aromatic nitrogens is 3. The quantitative estimate of drug-likeness (QED) is 0.763. The zero-order chi connectivity index (χ0) is 9.97. The molecule has 0 spiro atoms. The second-order valence-electron chi connectivity index (χ2n) is 3.22. The summed E-state index contributed by atoms with van der Waals surface area (Å²) in [6.07, 6.45) is 1.72. The van der Waals surface area contributed by atoms with E-state index in [1.54, 1.807) is 6.33 Å². The van der Waals surface area contributed by atoms with Crippen molar-refractivity contribution in [3.63, 3.8) is 0 Å². The van der Waals surface area contributed by atoms with Crippen LogP contribution in [0.3, 0.4) is 0 Å². The molecule has 0 aliphatic carbocycles. The fraction of sp³-hybridized carbons (Fsp3) is 0.200. The van der Waals surface area contributed by atoms with Crippen LogP contribution >= 0.6 is 12.2 Å². The highest BCUT2D eigenvalue weighted by molar-refractivity contribution is 7.71. The maximum atomic E-state index is 5.07. The van der Waals surface area contributed by atoms with Crippen molar-refractivity contribution in [2.24, 2.45) is 0 Å². The Labute approximate surface area is 87.4 Å². The van der Waals surface area contributed by atoms with Crippen LogP contribution in [0.4, 0.5) is 0 Å². The van der Waals surface area contributed by atoms with Crippen LogP contribution < -0.4 is 0 Å². The van der Waals surface area contributed by atoms with Gasteiger partial charge in [0.2, 0.25) is 0 Å². The number of benzene rings is 1. The number of rotatable bonds is 2. The van der Waals surface area contributed by atoms with Gasteiger partial charge < -0.3 is 4.57 Å². The van der Waals surface area contributed by atoms with Gasteiger partial charge in [0.15, 0.2) is 4.77 Å². The molecule has 72 valence electrons. The van der Waals surface area contributed by atoms with Crippen LogP contribution in [0.25, 0.3) is 0 Å². The Bertz CT molecular complexity index is 484. The monoisotopic (exact) mass is 205 g/mol. The van der Waals surface area contributed by atoms with E-state index < -0.39 is 0 Å². The van der Waals surface area contributed by atoms with E-state index in [9.17, 15) is 0 Å². The van der Waals surface area contributed by atoms with Crippen molar-refractivity contribution in [3.8, 4) is 0 Å². The van der Waals surface area contributed by atoms with Crippen molar-refractivity contribution in [2.75, 3.05) is 0 Å². The Morgan fingerprint density at radius 3 is 2.86 bits per heavy atom. The van der Waals surface area contributed by atoms with E-state index in [1.807, 2.05) is 16.7 Å². The molecule has 3 nitrogen and oxygen atoms in total. The van der Waals surface area contributed by atoms with Crippen molar-refractivity contribution in [1.82, 2.24) is 14.8 Å². The summed E-state index contributed by atoms with van der Waals surface area (Å²) in [5.74, 6) is 0. The van der Waals surface area contributed by atoms with E-state index in [0.717, 1.165) is 6.54 Å². The second kappa shape index (κ2) is 3.75. The van der Waals surface area contributed by atoms with Crippen molar-refractivity contribution >= 4 is 12.2 Å². The number of nitrogens with zero attached hydrogens (tertiary/aromatic N) is 2. The lowest BCUT2D eigenvalue weighted by Gasteiger charge is -2.04. The highest BCUT2D eigenvalue weighted by atomic mass is 32.1. The maximum Gasteiger partial charge on any atom is 0.195 e. The molecule has 0 saturated heterocycles. The molecule has 1 heterocycles. The zero-order valence-electron chi connectivity index (χ0n) is 7.90. The first-order chi connectivity index (χ1) is 6.77. The van der Waals surface area contributed by atoms with Crippen molar-refractivity contribution in [2.45, 2.75) is 13.5 Å². The number of H-pyrrole nitrogens is 1. The third-order valence-corrected chi connectivity index (χ3v) is 2.55. The molecule has 0 radical (unpaired) electrons. The molecule has 0 unspecified atom stereocenters. The molecule has 2 aromatic rings. The van der Waals surface area contributed by atoms with Gasteiger partial charge in [-0.05, 0) is 30.3 Å². The molecule has 1 N–H and O–H groups in total. The summed E-state index contributed by atoms with van der Waals surface area (Å²) >= 11 is 5.07. The van der Waals surface area contributed by atoms with Crippen LogP contribution in [0.5, 0.6) is 0 Å². The lowest BCUT2D eigenvalue weighted by atomic mass is 10.1. The van der Waals surface area contributed by atoms with Gasteiger partial charge in [0.25, 0.3) is 0 Å². The minimum absolute atomic E-state index is 0.660. The maximum absolute atomic E-state index is 5.07. The number of aryl methyl sites for hydroxylation is 1. The van der Waals surface area contributed by atoms with Gasteiger partial charge in [0.1, 0.15) is 6.33 Å². The normalized spacial score (nSPS) is 10.4. The second-order valence-corrected chi connectivity index (χ2v) is 3.60. The Morgan fingerprint density at radius 2 is 2.21 bits per heavy atom. The van der Waals surface area contributed by atoms with Crippen LogP contribution in [0.1, 0.15) is 11.1 Å². The summed E-state index contributed by atoms with van der Waals surface area (Å²) in [6.45, 7) is 2.88. The van der Waals surface area contributed by atoms with Crippen molar-refractivity contribution in [1.29, 1.82) is 0 Å². The Hall–Kier alpha value is -1.42. The molecule has 1 aromatic heterocycles. The van der Waals surface area contributed by atoms with E-state index in [0.29, 0.717) is 4.77 Å². The summed E-state index contributed by atoms with van der Waals surface area (Å²) in [7, 11) is 0. The average molecular weight is 205 g/mol. The predicted molar refractivity (Wildman–Crippen MR) is 57.7 cm³/mol. The standard InChI is InChI=1S/C10H11N3S/c1-8-4-2-3-5-9(8)6-13-7-11-12-10(13)14/h2-5,7H,6H2,1H3,(H,12,14). The Balaban J connectivity index is 2.32. The van der Waals surface area contributed by atoms with Gasteiger partial charge in [-0.1, -0.05) is 24.3 Å². The third kappa shape index (κ3) is 1.75. The highest BCUT2D eigenvalue weighted by Crippen LogP contribution is 2.08. The largest absolute Gasteiger partial charge is 0.302 e. The van der Waals surface area contributed by atoms with Gasteiger partial charge in [-0.2, -0.15) is 5.10 Å². The fourth-order valence-corrected chi connectivity index (χ4v) is 1.52. The van der Waals surface area contributed by atoms with Crippen LogP contribution in [0.15, 0.2) is 30.6 Å². The Kier molecular flexibility index (Phi) is 2.45. The van der Waals surface area contributed by atoms with E-state index >= 15 is 0 Å². The molecule has 1 aromatic carbocycles. The molecule has 0 aliphatic heterocycles. The summed E-state index contributed by atoms with van der Waals surface area (Å²) in [6, 6.07) is 8.27. The molecular weight excluding hydrogens is 194 g/mol. The molecule has 14 heavy (non-hydrogen) atoms. The SMILES string of the molecule is Cc1ccccc1Cn1cn[nH]c1=S. The van der Waals surface area contributed by atoms with Crippen molar-refractivity contribution < 1.29 is 0 Å². The minimum Gasteiger partial charge on any atom is -0.302 e. The van der Waals surface area contributed by atoms with Crippen LogP contribution in [0, 0.1) is 11.7 Å². The van der Waals surface area contributed by atoms with Gasteiger partial charge >= 0.3 is 0 Å². The van der Waals surface area contributed by atoms with E-state index in [4.69, 9.17) is 12.2 Å². The van der Waals surface area contributed by atoms with Gasteiger partial charge in [-0.3, -0.25) is 5.10 Å². The molecule has 0 bridgehead atoms. The highest BCUT2D eigenvalue weighted by Gasteiger charge is 1.99. The Morgan fingerprint density at radius 1 is 1.43 bits per heavy atom. The number of nitrogens with one attached hydrogen (secondary N) is 1. The lowest BCUT2D eigenvalue weighted by Crippen LogP contribution is -1.99. The van der Waals surface area contributed by atoms with Gasteiger partial charge in [0.05, 0.1) is 6.54 Å². The molecule has 4 heteroatoms. The first-order valence-corrected chi connectivity index (χ1v) is 4.82. The number of hydrogen-bond donors (Lipinski definition) is 1. The van der Waals surface area contributed by atoms with Crippen LogP contribution in [0.2, 0.25) is 0 Å². The van der Waals surface area contributed by atoms with Crippen LogP contribution in [-0.4, -0.2) is 14.8 Å². The van der Waals surface area contributed by atoms with Gasteiger partial charge in [-0.25, -0.2) is 0 Å². The average Bonchev–Trinajstić information content (AvgIpc) is 2.56. The minimum atomic E-state index is 0.660. The molecular formula is C10H11N3S. The van der Waals surface area contributed by atoms with E-state index in [1.165, 1.54) is 11.1 Å². The first kappa shape index (κ1) is 9.15. The smallest absolute Gasteiger partial charge is 0.195 e. The third-order valence-electron chi connectivity index (χ3n) is 2.22. The molecule has 0 fully saturated rings. The summed E-state index contributed by atoms with van der Waals surface area (Å²) in [4.78, 5) is 0. The fourth-order valence-electron chi connectivity index (χ4n) is 1.35. The van der Waals surface area contributed by atoms with Crippen molar-refractivity contribution in [3.05, 3.63) is 46.5 Å². The lowest BCUT2D eigenvalue weighted by molar-refractivity contribution is 0.777. The van der Waals surface area contributed by atoms with Gasteiger partial charge in [-0.15, -0.1) is 0 Å². The molecule has 2 rings (SSSR count). The van der Waals surface area contributed by atoms with Gasteiger partial charge in [0, 0.05) is 0 Å². The summed E-state index contributed by atoms with van der Waals surface area (Å²) < 4.78 is 2.57. The predicted octanol–water partition coefficient (Wildman–Crippen LogP) is 2.30. The molecule has 0 saturated carbocycles. The zero-order valence-corrected chi connectivity index (χ0v) is 8.71. The topological polar surface area (TPSA) is 33.6 Å². The first-order valence-electron chi connectivity index (χ1n) is 4.41. The van der Waals surface area contributed by atoms with E-state index in [-0.39, 0.29) is 0 Å². The number of hydrogen-bond acceptors (Lipinski definition) is 2. The number of aromatic amines is 1. The molecule has 0 aliphatic rings. The molecule has 0 atom stereocenters. The van der Waals surface area contributed by atoms with Crippen LogP contribution in [-0.2, 0) is 6.54 Å².